The van der Waals surface area contributed by atoms with Gasteiger partial charge < -0.3 is 29.7 Å². The van der Waals surface area contributed by atoms with E-state index in [1.165, 1.54) is 19.1 Å². The number of rotatable bonds is 9. The van der Waals surface area contributed by atoms with E-state index >= 15 is 0 Å². The Morgan fingerprint density at radius 3 is 2.54 bits per heavy atom. The third-order valence-electron chi connectivity index (χ3n) is 6.69. The van der Waals surface area contributed by atoms with Crippen LogP contribution in [-0.4, -0.2) is 99.4 Å². The zero-order valence-electron chi connectivity index (χ0n) is 22.6. The van der Waals surface area contributed by atoms with Gasteiger partial charge in [-0.2, -0.15) is 0 Å². The lowest BCUT2D eigenvalue weighted by Crippen LogP contribution is -2.58. The molecule has 4 amide bonds. The number of piperazine rings is 1. The average Bonchev–Trinajstić information content (AvgIpc) is 2.89. The SMILES string of the molecule is CCCNC(=O)N1CCN(CC2=C(C(=O)OCC)[C@H](c3cccc(OC)c3OC)NC(=O)N2C)C[C@@H]1C. The molecule has 0 bridgehead atoms. The minimum absolute atomic E-state index is 0.0331. The quantitative estimate of drug-likeness (QED) is 0.484. The predicted octanol–water partition coefficient (Wildman–Crippen LogP) is 2.34. The Kier molecular flexibility index (Phi) is 9.62. The van der Waals surface area contributed by atoms with Gasteiger partial charge >= 0.3 is 18.0 Å². The van der Waals surface area contributed by atoms with Crippen LogP contribution in [0.1, 0.15) is 38.8 Å². The summed E-state index contributed by atoms with van der Waals surface area (Å²) in [6.45, 7) is 8.68. The first-order valence-corrected chi connectivity index (χ1v) is 12.7. The Labute approximate surface area is 218 Å². The maximum absolute atomic E-state index is 13.3. The molecule has 1 aromatic rings. The van der Waals surface area contributed by atoms with Gasteiger partial charge in [-0.1, -0.05) is 19.1 Å². The van der Waals surface area contributed by atoms with Gasteiger partial charge in [-0.15, -0.1) is 0 Å². The van der Waals surface area contributed by atoms with E-state index in [4.69, 9.17) is 14.2 Å². The van der Waals surface area contributed by atoms with Crippen molar-refractivity contribution in [2.24, 2.45) is 0 Å². The lowest BCUT2D eigenvalue weighted by molar-refractivity contribution is -0.139. The minimum Gasteiger partial charge on any atom is -0.493 e. The fourth-order valence-corrected chi connectivity index (χ4v) is 4.79. The molecule has 1 fully saturated rings. The third-order valence-corrected chi connectivity index (χ3v) is 6.69. The Bertz CT molecular complexity index is 1030. The smallest absolute Gasteiger partial charge is 0.338 e. The van der Waals surface area contributed by atoms with Crippen molar-refractivity contribution >= 4 is 18.0 Å². The monoisotopic (exact) mass is 517 g/mol. The number of carbonyl (C=O) groups excluding carboxylic acids is 3. The van der Waals surface area contributed by atoms with Crippen LogP contribution in [0.4, 0.5) is 9.59 Å². The molecule has 2 heterocycles. The van der Waals surface area contributed by atoms with Crippen molar-refractivity contribution in [1.82, 2.24) is 25.3 Å². The van der Waals surface area contributed by atoms with Crippen molar-refractivity contribution in [2.45, 2.75) is 39.3 Å². The van der Waals surface area contributed by atoms with E-state index in [1.54, 1.807) is 32.2 Å². The molecule has 0 saturated carbocycles. The largest absolute Gasteiger partial charge is 0.493 e. The molecule has 204 valence electrons. The highest BCUT2D eigenvalue weighted by Crippen LogP contribution is 2.40. The van der Waals surface area contributed by atoms with E-state index in [0.29, 0.717) is 61.1 Å². The molecule has 0 aromatic heterocycles. The lowest BCUT2D eigenvalue weighted by atomic mass is 9.93. The molecule has 0 aliphatic carbocycles. The van der Waals surface area contributed by atoms with Gasteiger partial charge in [-0.3, -0.25) is 9.80 Å². The Balaban J connectivity index is 1.97. The topological polar surface area (TPSA) is 113 Å². The van der Waals surface area contributed by atoms with Crippen LogP contribution in [0.2, 0.25) is 0 Å². The zero-order valence-corrected chi connectivity index (χ0v) is 22.6. The normalized spacial score (nSPS) is 20.4. The van der Waals surface area contributed by atoms with Gasteiger partial charge in [-0.05, 0) is 26.3 Å². The molecule has 1 saturated heterocycles. The molecule has 37 heavy (non-hydrogen) atoms. The van der Waals surface area contributed by atoms with Crippen LogP contribution in [-0.2, 0) is 9.53 Å². The lowest BCUT2D eigenvalue weighted by Gasteiger charge is -2.42. The number of nitrogens with one attached hydrogen (secondary N) is 2. The molecular weight excluding hydrogens is 478 g/mol. The van der Waals surface area contributed by atoms with Gasteiger partial charge in [0.25, 0.3) is 0 Å². The maximum Gasteiger partial charge on any atom is 0.338 e. The number of ether oxygens (including phenoxy) is 3. The highest BCUT2D eigenvalue weighted by Gasteiger charge is 2.40. The zero-order chi connectivity index (χ0) is 27.1. The van der Waals surface area contributed by atoms with E-state index in [9.17, 15) is 14.4 Å². The van der Waals surface area contributed by atoms with Crippen LogP contribution in [0.25, 0.3) is 0 Å². The first-order chi connectivity index (χ1) is 17.8. The standard InChI is InChI=1S/C26H39N5O6/c1-7-12-27-25(33)31-14-13-30(15-17(31)3)16-19-21(24(32)37-8-2)22(28-26(34)29(19)4)18-10-9-11-20(35-5)23(18)36-6/h9-11,17,22H,7-8,12-16H2,1-6H3,(H,27,33)(H,28,34)/t17-,22-/m0/s1. The number of carbonyl (C=O) groups is 3. The number of benzene rings is 1. The van der Waals surface area contributed by atoms with E-state index in [2.05, 4.69) is 15.5 Å². The molecule has 0 spiro atoms. The molecular formula is C26H39N5O6. The number of para-hydroxylation sites is 1. The van der Waals surface area contributed by atoms with Crippen molar-refractivity contribution in [3.63, 3.8) is 0 Å². The summed E-state index contributed by atoms with van der Waals surface area (Å²) >= 11 is 0. The van der Waals surface area contributed by atoms with Crippen LogP contribution in [0.5, 0.6) is 11.5 Å². The molecule has 0 unspecified atom stereocenters. The van der Waals surface area contributed by atoms with Gasteiger partial charge in [0.05, 0.1) is 32.4 Å². The number of hydrogen-bond donors (Lipinski definition) is 2. The fourth-order valence-electron chi connectivity index (χ4n) is 4.79. The number of amides is 4. The van der Waals surface area contributed by atoms with Crippen molar-refractivity contribution in [1.29, 1.82) is 0 Å². The highest BCUT2D eigenvalue weighted by molar-refractivity contribution is 5.95. The highest BCUT2D eigenvalue weighted by atomic mass is 16.5. The van der Waals surface area contributed by atoms with Crippen molar-refractivity contribution in [3.05, 3.63) is 35.0 Å². The Hall–Kier alpha value is -3.47. The summed E-state index contributed by atoms with van der Waals surface area (Å²) in [5.41, 5.74) is 1.48. The average molecular weight is 518 g/mol. The van der Waals surface area contributed by atoms with Crippen LogP contribution in [0.15, 0.2) is 29.5 Å². The number of methoxy groups -OCH3 is 2. The van der Waals surface area contributed by atoms with Crippen molar-refractivity contribution in [3.8, 4) is 11.5 Å². The number of urea groups is 2. The van der Waals surface area contributed by atoms with Crippen LogP contribution < -0.4 is 20.1 Å². The van der Waals surface area contributed by atoms with Crippen LogP contribution in [0, 0.1) is 0 Å². The molecule has 2 aliphatic heterocycles. The van der Waals surface area contributed by atoms with Crippen LogP contribution in [0.3, 0.4) is 0 Å². The summed E-state index contributed by atoms with van der Waals surface area (Å²) in [5.74, 6) is 0.412. The van der Waals surface area contributed by atoms with Gasteiger partial charge in [0.15, 0.2) is 11.5 Å². The third kappa shape index (κ3) is 6.10. The predicted molar refractivity (Wildman–Crippen MR) is 139 cm³/mol. The summed E-state index contributed by atoms with van der Waals surface area (Å²) in [6.07, 6.45) is 0.874. The van der Waals surface area contributed by atoms with E-state index < -0.39 is 12.0 Å². The van der Waals surface area contributed by atoms with Crippen LogP contribution >= 0.6 is 0 Å². The molecule has 11 nitrogen and oxygen atoms in total. The number of esters is 1. The second-order valence-corrected chi connectivity index (χ2v) is 9.11. The second kappa shape index (κ2) is 12.7. The first-order valence-electron chi connectivity index (χ1n) is 12.7. The van der Waals surface area contributed by atoms with E-state index in [1.807, 2.05) is 18.7 Å². The molecule has 2 N–H and O–H groups in total. The van der Waals surface area contributed by atoms with E-state index in [0.717, 1.165) is 6.42 Å². The Morgan fingerprint density at radius 2 is 1.92 bits per heavy atom. The Morgan fingerprint density at radius 1 is 1.16 bits per heavy atom. The summed E-state index contributed by atoms with van der Waals surface area (Å²) in [4.78, 5) is 44.4. The summed E-state index contributed by atoms with van der Waals surface area (Å²) < 4.78 is 16.5. The van der Waals surface area contributed by atoms with Gasteiger partial charge in [0.1, 0.15) is 0 Å². The molecule has 3 rings (SSSR count). The van der Waals surface area contributed by atoms with Gasteiger partial charge in [-0.25, -0.2) is 14.4 Å². The van der Waals surface area contributed by atoms with Gasteiger partial charge in [0.2, 0.25) is 0 Å². The molecule has 11 heteroatoms. The minimum atomic E-state index is -0.790. The van der Waals surface area contributed by atoms with Gasteiger partial charge in [0, 0.05) is 57.1 Å². The first kappa shape index (κ1) is 28.1. The molecule has 2 aliphatic rings. The number of nitrogens with zero attached hydrogens (tertiary/aromatic N) is 3. The second-order valence-electron chi connectivity index (χ2n) is 9.11. The molecule has 1 aromatic carbocycles. The fraction of sp³-hybridized carbons (Fsp3) is 0.577. The maximum atomic E-state index is 13.3. The number of likely N-dealkylation sites (N-methyl/N-ethyl adjacent to an activating group) is 1. The summed E-state index contributed by atoms with van der Waals surface area (Å²) in [7, 11) is 4.69. The van der Waals surface area contributed by atoms with Crippen molar-refractivity contribution in [2.75, 3.05) is 60.6 Å². The van der Waals surface area contributed by atoms with Crippen molar-refractivity contribution < 1.29 is 28.6 Å². The summed E-state index contributed by atoms with van der Waals surface area (Å²) in [6, 6.07) is 4.10. The number of hydrogen-bond acceptors (Lipinski definition) is 7. The molecule has 2 atom stereocenters. The summed E-state index contributed by atoms with van der Waals surface area (Å²) in [5, 5.41) is 5.86. The molecule has 0 radical (unpaired) electrons. The van der Waals surface area contributed by atoms with E-state index in [-0.39, 0.29) is 24.7 Å².